The summed E-state index contributed by atoms with van der Waals surface area (Å²) < 4.78 is 48.0. The summed E-state index contributed by atoms with van der Waals surface area (Å²) in [4.78, 5) is 63.7. The van der Waals surface area contributed by atoms with Gasteiger partial charge in [0.1, 0.15) is 35.9 Å². The summed E-state index contributed by atoms with van der Waals surface area (Å²) in [6.45, 7) is 5.67. The van der Waals surface area contributed by atoms with E-state index in [4.69, 9.17) is 4.74 Å². The smallest absolute Gasteiger partial charge is 0.410 e. The van der Waals surface area contributed by atoms with E-state index in [-0.39, 0.29) is 17.1 Å². The van der Waals surface area contributed by atoms with Gasteiger partial charge in [0.05, 0.1) is 18.2 Å². The van der Waals surface area contributed by atoms with E-state index in [0.717, 1.165) is 26.8 Å². The molecule has 2 heterocycles. The van der Waals surface area contributed by atoms with Crippen molar-refractivity contribution < 1.29 is 37.1 Å². The molecule has 256 valence electrons. The summed E-state index contributed by atoms with van der Waals surface area (Å²) >= 11 is 0. The van der Waals surface area contributed by atoms with Crippen molar-refractivity contribution >= 4 is 35.3 Å². The van der Waals surface area contributed by atoms with Crippen molar-refractivity contribution in [2.24, 2.45) is 0 Å². The molecule has 2 aliphatic rings. The molecule has 0 radical (unpaired) electrons. The summed E-state index contributed by atoms with van der Waals surface area (Å²) in [5, 5.41) is 12.2. The van der Waals surface area contributed by atoms with Crippen LogP contribution in [0.3, 0.4) is 0 Å². The van der Waals surface area contributed by atoms with Crippen LogP contribution >= 0.6 is 0 Å². The molecule has 0 bridgehead atoms. The van der Waals surface area contributed by atoms with E-state index < -0.39 is 85.2 Å². The number of nitriles is 1. The van der Waals surface area contributed by atoms with Crippen LogP contribution in [0.15, 0.2) is 66.9 Å². The quantitative estimate of drug-likeness (QED) is 0.370. The van der Waals surface area contributed by atoms with E-state index in [9.17, 15) is 32.8 Å². The number of rotatable bonds is 7. The molecule has 2 fully saturated rings. The van der Waals surface area contributed by atoms with E-state index in [1.54, 1.807) is 52.0 Å². The first-order valence-corrected chi connectivity index (χ1v) is 15.6. The number of hydrogen-bond acceptors (Lipinski definition) is 7. The van der Waals surface area contributed by atoms with Crippen molar-refractivity contribution in [1.82, 2.24) is 15.2 Å². The van der Waals surface area contributed by atoms with Crippen LogP contribution in [-0.4, -0.2) is 70.4 Å². The SMILES string of the molecule is Cc1ccccc1C(C(=O)NC1CC(F)(F)C1)N(C(=O)C1CN(C(=O)OC(C)(C)C)CC(=O)N1c1cc(C#N)ccn1)c1cccc(F)c1. The Kier molecular flexibility index (Phi) is 9.66. The first-order valence-electron chi connectivity index (χ1n) is 15.6. The van der Waals surface area contributed by atoms with Gasteiger partial charge in [0, 0.05) is 30.8 Å². The third-order valence-corrected chi connectivity index (χ3v) is 8.11. The molecule has 11 nitrogen and oxygen atoms in total. The van der Waals surface area contributed by atoms with Gasteiger partial charge in [0.25, 0.3) is 11.8 Å². The summed E-state index contributed by atoms with van der Waals surface area (Å²) in [5.74, 6) is -6.24. The number of piperazine rings is 1. The monoisotopic (exact) mass is 676 g/mol. The Morgan fingerprint density at radius 1 is 1.10 bits per heavy atom. The van der Waals surface area contributed by atoms with E-state index in [2.05, 4.69) is 10.3 Å². The lowest BCUT2D eigenvalue weighted by Crippen LogP contribution is -2.65. The van der Waals surface area contributed by atoms with E-state index in [1.165, 1.54) is 30.5 Å². The molecule has 1 saturated heterocycles. The number of benzene rings is 2. The van der Waals surface area contributed by atoms with Crippen LogP contribution in [-0.2, 0) is 19.1 Å². The topological polar surface area (TPSA) is 136 Å². The third kappa shape index (κ3) is 7.83. The number of aromatic nitrogens is 1. The maximum absolute atomic E-state index is 15.1. The second kappa shape index (κ2) is 13.6. The zero-order chi connectivity index (χ0) is 35.7. The average Bonchev–Trinajstić information content (AvgIpc) is 3.01. The first kappa shape index (κ1) is 34.9. The van der Waals surface area contributed by atoms with Crippen molar-refractivity contribution in [3.05, 3.63) is 89.4 Å². The minimum Gasteiger partial charge on any atom is -0.444 e. The Hall–Kier alpha value is -5.45. The van der Waals surface area contributed by atoms with E-state index >= 15 is 4.79 Å². The van der Waals surface area contributed by atoms with Crippen molar-refractivity contribution in [3.63, 3.8) is 0 Å². The predicted octanol–water partition coefficient (Wildman–Crippen LogP) is 5.04. The highest BCUT2D eigenvalue weighted by Crippen LogP contribution is 2.39. The second-order valence-electron chi connectivity index (χ2n) is 13.1. The molecule has 1 aliphatic carbocycles. The minimum absolute atomic E-state index is 0.0703. The lowest BCUT2D eigenvalue weighted by molar-refractivity contribution is -0.133. The van der Waals surface area contributed by atoms with Crippen LogP contribution in [0.4, 0.5) is 29.5 Å². The molecule has 14 heteroatoms. The van der Waals surface area contributed by atoms with Crippen molar-refractivity contribution in [1.29, 1.82) is 5.26 Å². The zero-order valence-corrected chi connectivity index (χ0v) is 27.3. The van der Waals surface area contributed by atoms with Gasteiger partial charge < -0.3 is 10.1 Å². The van der Waals surface area contributed by atoms with Crippen LogP contribution in [0.25, 0.3) is 0 Å². The summed E-state index contributed by atoms with van der Waals surface area (Å²) in [5.41, 5.74) is -0.0145. The lowest BCUT2D eigenvalue weighted by atomic mass is 9.87. The number of nitrogens with one attached hydrogen (secondary N) is 1. The number of carbonyl (C=O) groups excluding carboxylic acids is 4. The van der Waals surface area contributed by atoms with Crippen LogP contribution in [0.1, 0.15) is 56.3 Å². The second-order valence-corrected chi connectivity index (χ2v) is 13.1. The highest BCUT2D eigenvalue weighted by Gasteiger charge is 2.49. The zero-order valence-electron chi connectivity index (χ0n) is 27.3. The van der Waals surface area contributed by atoms with Crippen LogP contribution in [0, 0.1) is 24.1 Å². The van der Waals surface area contributed by atoms with E-state index in [0.29, 0.717) is 11.1 Å². The van der Waals surface area contributed by atoms with Crippen LogP contribution in [0.5, 0.6) is 0 Å². The molecule has 3 aromatic rings. The van der Waals surface area contributed by atoms with Gasteiger partial charge in [0.15, 0.2) is 0 Å². The summed E-state index contributed by atoms with van der Waals surface area (Å²) in [7, 11) is 0. The number of alkyl halides is 2. The average molecular weight is 677 g/mol. The fourth-order valence-corrected chi connectivity index (χ4v) is 5.85. The summed E-state index contributed by atoms with van der Waals surface area (Å²) in [6.07, 6.45) is -0.785. The largest absolute Gasteiger partial charge is 0.444 e. The maximum Gasteiger partial charge on any atom is 0.410 e. The standard InChI is InChI=1S/C35H35F3N6O5/c1-21-8-5-6-11-26(21)30(31(46)41-24-16-35(37,38)17-24)43(25-10-7-9-23(36)15-25)32(47)27-19-42(33(48)49-34(2,3)4)20-29(45)44(27)28-14-22(18-39)12-13-40-28/h5-15,24,27,30H,16-17,19-20H2,1-4H3,(H,41,46). The Labute approximate surface area is 281 Å². The molecule has 1 aromatic heterocycles. The molecule has 49 heavy (non-hydrogen) atoms. The van der Waals surface area contributed by atoms with Crippen molar-refractivity contribution in [3.8, 4) is 6.07 Å². The molecule has 0 spiro atoms. The van der Waals surface area contributed by atoms with Gasteiger partial charge in [-0.15, -0.1) is 0 Å². The fraction of sp³-hybridized carbons (Fsp3) is 0.371. The van der Waals surface area contributed by atoms with Gasteiger partial charge in [-0.1, -0.05) is 30.3 Å². The number of amides is 4. The number of halogens is 3. The van der Waals surface area contributed by atoms with E-state index in [1.807, 2.05) is 6.07 Å². The Balaban J connectivity index is 1.66. The Morgan fingerprint density at radius 3 is 2.45 bits per heavy atom. The third-order valence-electron chi connectivity index (χ3n) is 8.11. The molecular weight excluding hydrogens is 641 g/mol. The predicted molar refractivity (Wildman–Crippen MR) is 172 cm³/mol. The number of pyridine rings is 1. The van der Waals surface area contributed by atoms with Gasteiger partial charge in [-0.3, -0.25) is 29.1 Å². The molecule has 1 aliphatic heterocycles. The van der Waals surface area contributed by atoms with Crippen LogP contribution in [0.2, 0.25) is 0 Å². The summed E-state index contributed by atoms with van der Waals surface area (Å²) in [6, 6.07) is 12.2. The maximum atomic E-state index is 15.1. The minimum atomic E-state index is -2.95. The molecule has 1 N–H and O–H groups in total. The molecule has 2 unspecified atom stereocenters. The molecule has 4 amide bonds. The van der Waals surface area contributed by atoms with Gasteiger partial charge in [-0.25, -0.2) is 22.9 Å². The Morgan fingerprint density at radius 2 is 1.82 bits per heavy atom. The molecule has 5 rings (SSSR count). The lowest BCUT2D eigenvalue weighted by Gasteiger charge is -2.43. The highest BCUT2D eigenvalue weighted by molar-refractivity contribution is 6.10. The number of hydrogen-bond donors (Lipinski definition) is 1. The van der Waals surface area contributed by atoms with Gasteiger partial charge >= 0.3 is 6.09 Å². The molecular formula is C35H35F3N6O5. The number of anilines is 2. The first-order chi connectivity index (χ1) is 23.1. The van der Waals surface area contributed by atoms with Gasteiger partial charge in [-0.05, 0) is 69.2 Å². The van der Waals surface area contributed by atoms with Crippen molar-refractivity contribution in [2.75, 3.05) is 22.9 Å². The molecule has 1 saturated carbocycles. The number of ether oxygens (including phenoxy) is 1. The Bertz CT molecular complexity index is 1820. The molecule has 2 atom stereocenters. The van der Waals surface area contributed by atoms with Crippen LogP contribution < -0.4 is 15.1 Å². The normalized spacial score (nSPS) is 18.2. The number of nitrogens with zero attached hydrogens (tertiary/aromatic N) is 5. The number of carbonyl (C=O) groups is 4. The van der Waals surface area contributed by atoms with Gasteiger partial charge in [-0.2, -0.15) is 5.26 Å². The molecule has 2 aromatic carbocycles. The van der Waals surface area contributed by atoms with Gasteiger partial charge in [0.2, 0.25) is 11.8 Å². The van der Waals surface area contributed by atoms with Crippen molar-refractivity contribution in [2.45, 2.75) is 70.2 Å². The number of aryl methyl sites for hydroxylation is 1. The highest BCUT2D eigenvalue weighted by atomic mass is 19.3. The fourth-order valence-electron chi connectivity index (χ4n) is 5.85.